The number of hydrogen-bond donors (Lipinski definition) is 1. The molecule has 0 aliphatic carbocycles. The Morgan fingerprint density at radius 2 is 1.94 bits per heavy atom. The van der Waals surface area contributed by atoms with Crippen LogP contribution in [0.1, 0.15) is 36.7 Å². The molecule has 8 nitrogen and oxygen atoms in total. The number of carbonyl (C=O) groups is 1. The van der Waals surface area contributed by atoms with Crippen molar-refractivity contribution in [2.45, 2.75) is 46.7 Å². The quantitative estimate of drug-likeness (QED) is 0.461. The van der Waals surface area contributed by atoms with Gasteiger partial charge in [0.1, 0.15) is 5.75 Å². The number of nitrogens with one attached hydrogen (secondary N) is 1. The van der Waals surface area contributed by atoms with Crippen molar-refractivity contribution in [1.29, 1.82) is 0 Å². The Hall–Kier alpha value is -3.81. The minimum Gasteiger partial charge on any atom is -0.410 e. The zero-order valence-corrected chi connectivity index (χ0v) is 18.5. The second-order valence-electron chi connectivity index (χ2n) is 7.74. The van der Waals surface area contributed by atoms with Gasteiger partial charge in [0, 0.05) is 36.0 Å². The summed E-state index contributed by atoms with van der Waals surface area (Å²) in [6, 6.07) is 7.66. The van der Waals surface area contributed by atoms with Crippen molar-refractivity contribution in [2.75, 3.05) is 0 Å². The lowest BCUT2D eigenvalue weighted by atomic mass is 10.1. The van der Waals surface area contributed by atoms with Gasteiger partial charge in [-0.25, -0.2) is 4.79 Å². The molecule has 1 amide bonds. The third-order valence-electron chi connectivity index (χ3n) is 5.11. The number of amides is 1. The molecule has 0 saturated heterocycles. The number of rotatable bonds is 7. The first-order chi connectivity index (χ1) is 15.5. The third kappa shape index (κ3) is 4.91. The van der Waals surface area contributed by atoms with Gasteiger partial charge in [0.25, 0.3) is 0 Å². The Morgan fingerprint density at radius 3 is 2.66 bits per heavy atom. The largest absolute Gasteiger partial charge is 0.412 e. The molecule has 0 aliphatic heterocycles. The highest BCUT2D eigenvalue weighted by Crippen LogP contribution is 2.32. The summed E-state index contributed by atoms with van der Waals surface area (Å²) in [5.41, 5.74) is 5.14. The fraction of sp³-hybridized carbons (Fsp3) is 0.292. The van der Waals surface area contributed by atoms with E-state index in [1.54, 1.807) is 12.4 Å². The fourth-order valence-electron chi connectivity index (χ4n) is 3.35. The van der Waals surface area contributed by atoms with Crippen LogP contribution in [0.3, 0.4) is 0 Å². The van der Waals surface area contributed by atoms with Crippen LogP contribution in [-0.4, -0.2) is 30.8 Å². The van der Waals surface area contributed by atoms with Crippen molar-refractivity contribution in [2.24, 2.45) is 0 Å². The number of pyridine rings is 1. The number of fused-ring (bicyclic) bond motifs is 1. The van der Waals surface area contributed by atoms with E-state index in [1.807, 2.05) is 55.2 Å². The van der Waals surface area contributed by atoms with Gasteiger partial charge in [-0.3, -0.25) is 19.6 Å². The predicted octanol–water partition coefficient (Wildman–Crippen LogP) is 4.59. The van der Waals surface area contributed by atoms with Crippen LogP contribution in [0, 0.1) is 13.8 Å². The van der Waals surface area contributed by atoms with Gasteiger partial charge in [-0.15, -0.1) is 0 Å². The molecular formula is C24H26N6O2. The van der Waals surface area contributed by atoms with Crippen molar-refractivity contribution in [1.82, 2.24) is 30.0 Å². The molecule has 164 valence electrons. The molecule has 4 aromatic rings. The molecule has 8 heteroatoms. The summed E-state index contributed by atoms with van der Waals surface area (Å²) in [5, 5.41) is 8.25. The molecule has 32 heavy (non-hydrogen) atoms. The number of aryl methyl sites for hydroxylation is 3. The monoisotopic (exact) mass is 430 g/mol. The molecule has 3 heterocycles. The summed E-state index contributed by atoms with van der Waals surface area (Å²) in [7, 11) is 0. The molecule has 0 bridgehead atoms. The van der Waals surface area contributed by atoms with Crippen LogP contribution < -0.4 is 10.1 Å². The molecule has 0 aliphatic rings. The molecule has 3 aromatic heterocycles. The summed E-state index contributed by atoms with van der Waals surface area (Å²) in [5.74, 6) is 0.431. The molecule has 0 radical (unpaired) electrons. The van der Waals surface area contributed by atoms with Crippen molar-refractivity contribution >= 4 is 17.0 Å². The number of ether oxygens (including phenoxy) is 1. The van der Waals surface area contributed by atoms with Crippen molar-refractivity contribution in [3.8, 4) is 17.0 Å². The Balaban J connectivity index is 1.61. The van der Waals surface area contributed by atoms with Crippen LogP contribution >= 0.6 is 0 Å². The first kappa shape index (κ1) is 21.4. The molecule has 1 N–H and O–H groups in total. The molecule has 1 aromatic carbocycles. The van der Waals surface area contributed by atoms with Gasteiger partial charge in [-0.2, -0.15) is 5.10 Å². The first-order valence-electron chi connectivity index (χ1n) is 10.7. The maximum Gasteiger partial charge on any atom is 0.412 e. The van der Waals surface area contributed by atoms with Crippen LogP contribution in [0.4, 0.5) is 4.79 Å². The Bertz CT molecular complexity index is 1220. The topological polar surface area (TPSA) is 94.8 Å². The average Bonchev–Trinajstić information content (AvgIpc) is 3.20. The maximum atomic E-state index is 12.5. The SMILES string of the molecule is CCCCn1ncc2c(-c3ccc(C)cn3)cc(OC(=O)NCc3cnc(C)cn3)cc21. The number of carbonyl (C=O) groups excluding carboxylic acids is 1. The summed E-state index contributed by atoms with van der Waals surface area (Å²) in [6.45, 7) is 7.03. The maximum absolute atomic E-state index is 12.5. The molecule has 0 atom stereocenters. The second-order valence-corrected chi connectivity index (χ2v) is 7.74. The second kappa shape index (κ2) is 9.55. The average molecular weight is 431 g/mol. The van der Waals surface area contributed by atoms with E-state index in [4.69, 9.17) is 4.74 Å². The van der Waals surface area contributed by atoms with Gasteiger partial charge in [0.2, 0.25) is 0 Å². The lowest BCUT2D eigenvalue weighted by molar-refractivity contribution is 0.200. The van der Waals surface area contributed by atoms with E-state index in [2.05, 4.69) is 32.3 Å². The number of hydrogen-bond acceptors (Lipinski definition) is 6. The van der Waals surface area contributed by atoms with Gasteiger partial charge in [-0.05, 0) is 38.0 Å². The van der Waals surface area contributed by atoms with Crippen molar-refractivity contribution in [3.63, 3.8) is 0 Å². The van der Waals surface area contributed by atoms with Crippen LogP contribution in [0.25, 0.3) is 22.2 Å². The summed E-state index contributed by atoms with van der Waals surface area (Å²) in [4.78, 5) is 25.4. The number of benzene rings is 1. The smallest absolute Gasteiger partial charge is 0.410 e. The molecular weight excluding hydrogens is 404 g/mol. The van der Waals surface area contributed by atoms with E-state index in [9.17, 15) is 4.79 Å². The standard InChI is InChI=1S/C24H26N6O2/c1-4-5-8-30-23-10-19(32-24(31)28-14-18-13-25-17(3)12-26-18)9-20(21(23)15-29-30)22-7-6-16(2)11-27-22/h6-7,9-13,15H,4-5,8,14H2,1-3H3,(H,28,31). The third-order valence-corrected chi connectivity index (χ3v) is 5.11. The highest BCUT2D eigenvalue weighted by atomic mass is 16.6. The fourth-order valence-corrected chi connectivity index (χ4v) is 3.35. The zero-order valence-electron chi connectivity index (χ0n) is 18.5. The van der Waals surface area contributed by atoms with Gasteiger partial charge >= 0.3 is 6.09 Å². The van der Waals surface area contributed by atoms with Crippen LogP contribution in [0.2, 0.25) is 0 Å². The molecule has 0 spiro atoms. The normalized spacial score (nSPS) is 11.0. The van der Waals surface area contributed by atoms with Crippen LogP contribution in [0.15, 0.2) is 49.1 Å². The van der Waals surface area contributed by atoms with E-state index >= 15 is 0 Å². The van der Waals surface area contributed by atoms with Gasteiger partial charge in [0.15, 0.2) is 0 Å². The zero-order chi connectivity index (χ0) is 22.5. The Kier molecular flexibility index (Phi) is 6.39. The summed E-state index contributed by atoms with van der Waals surface area (Å²) in [6.07, 6.45) is 8.48. The number of unbranched alkanes of at least 4 members (excludes halogenated alkanes) is 1. The van der Waals surface area contributed by atoms with Gasteiger partial charge in [0.05, 0.1) is 41.5 Å². The van der Waals surface area contributed by atoms with Crippen LogP contribution in [-0.2, 0) is 13.1 Å². The van der Waals surface area contributed by atoms with Gasteiger partial charge in [-0.1, -0.05) is 19.4 Å². The molecule has 0 unspecified atom stereocenters. The van der Waals surface area contributed by atoms with E-state index in [0.717, 1.165) is 52.8 Å². The van der Waals surface area contributed by atoms with Crippen LogP contribution in [0.5, 0.6) is 5.75 Å². The van der Waals surface area contributed by atoms with E-state index in [0.29, 0.717) is 11.4 Å². The summed E-state index contributed by atoms with van der Waals surface area (Å²) < 4.78 is 7.56. The van der Waals surface area contributed by atoms with Gasteiger partial charge < -0.3 is 10.1 Å². The van der Waals surface area contributed by atoms with Crippen molar-refractivity contribution < 1.29 is 9.53 Å². The lowest BCUT2D eigenvalue weighted by Crippen LogP contribution is -2.26. The first-order valence-corrected chi connectivity index (χ1v) is 10.7. The summed E-state index contributed by atoms with van der Waals surface area (Å²) >= 11 is 0. The predicted molar refractivity (Wildman–Crippen MR) is 122 cm³/mol. The minimum atomic E-state index is -0.561. The van der Waals surface area contributed by atoms with E-state index in [-0.39, 0.29) is 6.54 Å². The number of nitrogens with zero attached hydrogens (tertiary/aromatic N) is 5. The van der Waals surface area contributed by atoms with E-state index < -0.39 is 6.09 Å². The Morgan fingerprint density at radius 1 is 1.06 bits per heavy atom. The molecule has 0 fully saturated rings. The Labute approximate surface area is 186 Å². The molecule has 4 rings (SSSR count). The number of aromatic nitrogens is 5. The van der Waals surface area contributed by atoms with Crippen molar-refractivity contribution in [3.05, 3.63) is 66.0 Å². The molecule has 0 saturated carbocycles. The minimum absolute atomic E-state index is 0.231. The highest BCUT2D eigenvalue weighted by molar-refractivity contribution is 5.95. The highest BCUT2D eigenvalue weighted by Gasteiger charge is 2.15. The van der Waals surface area contributed by atoms with E-state index in [1.165, 1.54) is 0 Å². The lowest BCUT2D eigenvalue weighted by Gasteiger charge is -2.11.